The van der Waals surface area contributed by atoms with Gasteiger partial charge in [-0.15, -0.1) is 0 Å². The fourth-order valence-corrected chi connectivity index (χ4v) is 3.00. The van der Waals surface area contributed by atoms with Gasteiger partial charge in [0.25, 0.3) is 0 Å². The Morgan fingerprint density at radius 1 is 1.19 bits per heavy atom. The Morgan fingerprint density at radius 3 is 2.62 bits per heavy atom. The minimum absolute atomic E-state index is 0.00722. The van der Waals surface area contributed by atoms with Crippen LogP contribution < -0.4 is 5.32 Å². The van der Waals surface area contributed by atoms with E-state index in [1.165, 1.54) is 25.8 Å². The lowest BCUT2D eigenvalue weighted by atomic mass is 9.95. The molecular formula is C12H24N2O2. The van der Waals surface area contributed by atoms with Crippen LogP contribution in [-0.4, -0.2) is 59.0 Å². The summed E-state index contributed by atoms with van der Waals surface area (Å²) in [6, 6.07) is 1.05. The third-order valence-electron chi connectivity index (χ3n) is 4.09. The van der Waals surface area contributed by atoms with Crippen molar-refractivity contribution in [3.8, 4) is 0 Å². The first kappa shape index (κ1) is 12.3. The van der Waals surface area contributed by atoms with Crippen molar-refractivity contribution in [2.45, 2.75) is 50.2 Å². The van der Waals surface area contributed by atoms with Gasteiger partial charge in [-0.25, -0.2) is 0 Å². The summed E-state index contributed by atoms with van der Waals surface area (Å²) in [4.78, 5) is 2.55. The predicted molar refractivity (Wildman–Crippen MR) is 63.3 cm³/mol. The van der Waals surface area contributed by atoms with Gasteiger partial charge in [0.15, 0.2) is 0 Å². The van der Waals surface area contributed by atoms with Crippen molar-refractivity contribution in [1.82, 2.24) is 10.2 Å². The summed E-state index contributed by atoms with van der Waals surface area (Å²) in [7, 11) is 0. The zero-order valence-electron chi connectivity index (χ0n) is 10.2. The molecule has 4 nitrogen and oxygen atoms in total. The first-order valence-corrected chi connectivity index (χ1v) is 6.42. The number of nitrogens with one attached hydrogen (secondary N) is 1. The number of fused-ring (bicyclic) bond motifs is 1. The van der Waals surface area contributed by atoms with Crippen LogP contribution in [0.1, 0.15) is 32.6 Å². The number of aliphatic hydroxyl groups is 2. The van der Waals surface area contributed by atoms with Crippen molar-refractivity contribution < 1.29 is 10.2 Å². The molecule has 0 aromatic carbocycles. The van der Waals surface area contributed by atoms with Gasteiger partial charge in [-0.1, -0.05) is 6.42 Å². The van der Waals surface area contributed by atoms with Crippen molar-refractivity contribution >= 4 is 0 Å². The lowest BCUT2D eigenvalue weighted by Gasteiger charge is -2.37. The molecule has 0 amide bonds. The van der Waals surface area contributed by atoms with E-state index in [4.69, 9.17) is 0 Å². The summed E-state index contributed by atoms with van der Waals surface area (Å²) in [5.41, 5.74) is -0.530. The molecule has 0 aliphatic carbocycles. The van der Waals surface area contributed by atoms with Crippen molar-refractivity contribution in [3.63, 3.8) is 0 Å². The molecule has 2 rings (SSSR count). The fraction of sp³-hybridized carbons (Fsp3) is 1.00. The zero-order chi connectivity index (χ0) is 11.6. The van der Waals surface area contributed by atoms with E-state index in [1.807, 2.05) is 6.92 Å². The third-order valence-corrected chi connectivity index (χ3v) is 4.09. The highest BCUT2D eigenvalue weighted by atomic mass is 16.3. The molecular weight excluding hydrogens is 204 g/mol. The number of hydrogen-bond acceptors (Lipinski definition) is 4. The van der Waals surface area contributed by atoms with E-state index in [0.717, 1.165) is 13.0 Å². The number of hydrogen-bond donors (Lipinski definition) is 3. The Balaban J connectivity index is 1.95. The molecule has 2 atom stereocenters. The van der Waals surface area contributed by atoms with Crippen LogP contribution in [0.4, 0.5) is 0 Å². The molecule has 0 aromatic rings. The normalized spacial score (nSPS) is 31.7. The van der Waals surface area contributed by atoms with Crippen molar-refractivity contribution in [2.75, 3.05) is 26.3 Å². The smallest absolute Gasteiger partial charge is 0.0633 e. The van der Waals surface area contributed by atoms with Gasteiger partial charge in [-0.3, -0.25) is 4.90 Å². The Bertz CT molecular complexity index is 231. The average Bonchev–Trinajstić information content (AvgIpc) is 2.73. The van der Waals surface area contributed by atoms with Crippen LogP contribution in [0.2, 0.25) is 0 Å². The molecule has 0 saturated carbocycles. The molecule has 2 aliphatic heterocycles. The molecule has 2 fully saturated rings. The van der Waals surface area contributed by atoms with Gasteiger partial charge in [0.1, 0.15) is 0 Å². The summed E-state index contributed by atoms with van der Waals surface area (Å²) < 4.78 is 0. The van der Waals surface area contributed by atoms with Crippen LogP contribution in [-0.2, 0) is 0 Å². The summed E-state index contributed by atoms with van der Waals surface area (Å²) in [5.74, 6) is 0. The summed E-state index contributed by atoms with van der Waals surface area (Å²) in [6.45, 7) is 4.25. The standard InChI is InChI=1S/C12H24N2O2/c1-12(8-15,9-16)13-10-5-7-14-6-3-2-4-11(10)14/h10-11,13,15-16H,2-9H2,1H3. The first-order valence-electron chi connectivity index (χ1n) is 6.42. The van der Waals surface area contributed by atoms with E-state index >= 15 is 0 Å². The van der Waals surface area contributed by atoms with E-state index < -0.39 is 5.54 Å². The maximum absolute atomic E-state index is 9.31. The highest BCUT2D eigenvalue weighted by Gasteiger charge is 2.38. The van der Waals surface area contributed by atoms with Gasteiger partial charge in [0, 0.05) is 18.6 Å². The van der Waals surface area contributed by atoms with Gasteiger partial charge in [-0.05, 0) is 32.7 Å². The van der Waals surface area contributed by atoms with Crippen molar-refractivity contribution in [3.05, 3.63) is 0 Å². The Morgan fingerprint density at radius 2 is 1.94 bits per heavy atom. The Labute approximate surface area is 97.6 Å². The molecule has 0 spiro atoms. The molecule has 2 heterocycles. The molecule has 0 bridgehead atoms. The summed E-state index contributed by atoms with van der Waals surface area (Å²) in [5, 5.41) is 22.1. The van der Waals surface area contributed by atoms with E-state index in [0.29, 0.717) is 12.1 Å². The predicted octanol–water partition coefficient (Wildman–Crippen LogP) is -0.0539. The molecule has 3 N–H and O–H groups in total. The molecule has 2 unspecified atom stereocenters. The lowest BCUT2D eigenvalue weighted by molar-refractivity contribution is 0.0824. The minimum atomic E-state index is -0.530. The number of nitrogens with zero attached hydrogens (tertiary/aromatic N) is 1. The minimum Gasteiger partial charge on any atom is -0.394 e. The maximum atomic E-state index is 9.31. The molecule has 94 valence electrons. The van der Waals surface area contributed by atoms with Crippen LogP contribution in [0.3, 0.4) is 0 Å². The number of aliphatic hydroxyl groups excluding tert-OH is 2. The van der Waals surface area contributed by atoms with Gasteiger partial charge < -0.3 is 15.5 Å². The van der Waals surface area contributed by atoms with Gasteiger partial charge >= 0.3 is 0 Å². The molecule has 0 aromatic heterocycles. The SMILES string of the molecule is CC(CO)(CO)NC1CCN2CCCCC12. The van der Waals surface area contributed by atoms with Crippen molar-refractivity contribution in [2.24, 2.45) is 0 Å². The quantitative estimate of drug-likeness (QED) is 0.631. The molecule has 4 heteroatoms. The second-order valence-electron chi connectivity index (χ2n) is 5.52. The summed E-state index contributed by atoms with van der Waals surface area (Å²) >= 11 is 0. The lowest BCUT2D eigenvalue weighted by Crippen LogP contribution is -2.57. The highest BCUT2D eigenvalue weighted by molar-refractivity contribution is 4.98. The molecule has 2 saturated heterocycles. The Kier molecular flexibility index (Phi) is 3.85. The second kappa shape index (κ2) is 5.00. The number of piperidine rings is 1. The van der Waals surface area contributed by atoms with Crippen molar-refractivity contribution in [1.29, 1.82) is 0 Å². The van der Waals surface area contributed by atoms with E-state index in [1.54, 1.807) is 0 Å². The van der Waals surface area contributed by atoms with Gasteiger partial charge in [-0.2, -0.15) is 0 Å². The molecule has 2 aliphatic rings. The second-order valence-corrected chi connectivity index (χ2v) is 5.52. The van der Waals surface area contributed by atoms with Gasteiger partial charge in [0.05, 0.1) is 18.8 Å². The van der Waals surface area contributed by atoms with Crippen LogP contribution in [0.25, 0.3) is 0 Å². The van der Waals surface area contributed by atoms with E-state index in [-0.39, 0.29) is 13.2 Å². The maximum Gasteiger partial charge on any atom is 0.0633 e. The fourth-order valence-electron chi connectivity index (χ4n) is 3.00. The molecule has 16 heavy (non-hydrogen) atoms. The Hall–Kier alpha value is -0.160. The number of rotatable bonds is 4. The summed E-state index contributed by atoms with van der Waals surface area (Å²) in [6.07, 6.45) is 5.03. The third kappa shape index (κ3) is 2.40. The highest BCUT2D eigenvalue weighted by Crippen LogP contribution is 2.28. The van der Waals surface area contributed by atoms with Crippen LogP contribution >= 0.6 is 0 Å². The zero-order valence-corrected chi connectivity index (χ0v) is 10.2. The molecule has 0 radical (unpaired) electrons. The van der Waals surface area contributed by atoms with E-state index in [9.17, 15) is 10.2 Å². The van der Waals surface area contributed by atoms with Crippen LogP contribution in [0.15, 0.2) is 0 Å². The first-order chi connectivity index (χ1) is 7.68. The monoisotopic (exact) mass is 228 g/mol. The topological polar surface area (TPSA) is 55.7 Å². The van der Waals surface area contributed by atoms with Crippen LogP contribution in [0, 0.1) is 0 Å². The van der Waals surface area contributed by atoms with Gasteiger partial charge in [0.2, 0.25) is 0 Å². The van der Waals surface area contributed by atoms with Crippen LogP contribution in [0.5, 0.6) is 0 Å². The average molecular weight is 228 g/mol. The largest absolute Gasteiger partial charge is 0.394 e. The van der Waals surface area contributed by atoms with E-state index in [2.05, 4.69) is 10.2 Å².